The van der Waals surface area contributed by atoms with E-state index in [1.165, 1.54) is 0 Å². The third-order valence-electron chi connectivity index (χ3n) is 2.49. The Morgan fingerprint density at radius 2 is 2.22 bits per heavy atom. The summed E-state index contributed by atoms with van der Waals surface area (Å²) in [5.41, 5.74) is 1.77. The zero-order valence-electron chi connectivity index (χ0n) is 9.96. The number of rotatable bonds is 3. The summed E-state index contributed by atoms with van der Waals surface area (Å²) in [5.74, 6) is -0.370. The fourth-order valence-electron chi connectivity index (χ4n) is 1.70. The third-order valence-corrected chi connectivity index (χ3v) is 2.49. The van der Waals surface area contributed by atoms with Gasteiger partial charge in [0.15, 0.2) is 0 Å². The number of carbonyl (C=O) groups is 1. The largest absolute Gasteiger partial charge is 0.461 e. The number of nitrogens with zero attached hydrogens (tertiary/aromatic N) is 2. The van der Waals surface area contributed by atoms with Crippen molar-refractivity contribution >= 4 is 5.97 Å². The molecule has 0 amide bonds. The predicted octanol–water partition coefficient (Wildman–Crippen LogP) is 2.53. The topological polar surface area (TPSA) is 55.0 Å². The average molecular weight is 240 g/mol. The Bertz CT molecular complexity index is 608. The van der Waals surface area contributed by atoms with Crippen molar-refractivity contribution in [2.45, 2.75) is 6.92 Å². The van der Waals surface area contributed by atoms with E-state index >= 15 is 0 Å². The van der Waals surface area contributed by atoms with E-state index in [-0.39, 0.29) is 5.97 Å². The molecule has 0 atom stereocenters. The molecule has 0 saturated carbocycles. The predicted molar refractivity (Wildman–Crippen MR) is 66.4 cm³/mol. The Morgan fingerprint density at radius 3 is 2.94 bits per heavy atom. The highest BCUT2D eigenvalue weighted by molar-refractivity contribution is 5.88. The summed E-state index contributed by atoms with van der Waals surface area (Å²) in [5, 5.41) is 8.87. The average Bonchev–Trinajstić information content (AvgIpc) is 2.88. The number of benzene rings is 1. The van der Waals surface area contributed by atoms with Crippen molar-refractivity contribution < 1.29 is 9.53 Å². The zero-order valence-corrected chi connectivity index (χ0v) is 9.96. The third kappa shape index (κ3) is 2.25. The summed E-state index contributed by atoms with van der Waals surface area (Å²) in [6.45, 7) is 2.10. The first-order valence-corrected chi connectivity index (χ1v) is 5.61. The Hall–Kier alpha value is -2.54. The van der Waals surface area contributed by atoms with Crippen LogP contribution in [0.15, 0.2) is 42.6 Å². The van der Waals surface area contributed by atoms with Gasteiger partial charge in [0, 0.05) is 11.9 Å². The first-order chi connectivity index (χ1) is 8.76. The molecular formula is C14H12N2O2. The minimum atomic E-state index is -0.370. The molecule has 0 N–H and O–H groups in total. The van der Waals surface area contributed by atoms with Crippen LogP contribution < -0.4 is 0 Å². The van der Waals surface area contributed by atoms with Crippen LogP contribution >= 0.6 is 0 Å². The van der Waals surface area contributed by atoms with Crippen LogP contribution in [0.4, 0.5) is 0 Å². The lowest BCUT2D eigenvalue weighted by Crippen LogP contribution is -2.10. The smallest absolute Gasteiger partial charge is 0.355 e. The second kappa shape index (κ2) is 5.19. The molecule has 2 rings (SSSR count). The van der Waals surface area contributed by atoms with Crippen molar-refractivity contribution in [3.8, 4) is 11.8 Å². The van der Waals surface area contributed by atoms with Gasteiger partial charge in [0.1, 0.15) is 5.69 Å². The molecular weight excluding hydrogens is 228 g/mol. The van der Waals surface area contributed by atoms with Crippen molar-refractivity contribution in [1.29, 1.82) is 5.26 Å². The van der Waals surface area contributed by atoms with Gasteiger partial charge in [-0.25, -0.2) is 4.79 Å². The molecule has 0 radical (unpaired) electrons. The maximum atomic E-state index is 11.7. The monoisotopic (exact) mass is 240 g/mol. The molecule has 90 valence electrons. The van der Waals surface area contributed by atoms with Gasteiger partial charge in [0.25, 0.3) is 0 Å². The molecule has 4 nitrogen and oxygen atoms in total. The van der Waals surface area contributed by atoms with Crippen molar-refractivity contribution in [2.24, 2.45) is 0 Å². The molecule has 0 bridgehead atoms. The minimum absolute atomic E-state index is 0.336. The van der Waals surface area contributed by atoms with E-state index in [1.54, 1.807) is 48.0 Å². The maximum Gasteiger partial charge on any atom is 0.355 e. The number of aromatic nitrogens is 1. The molecule has 0 fully saturated rings. The number of ether oxygens (including phenoxy) is 1. The second-order valence-electron chi connectivity index (χ2n) is 3.65. The Balaban J connectivity index is 2.42. The quantitative estimate of drug-likeness (QED) is 0.774. The molecule has 1 aromatic carbocycles. The summed E-state index contributed by atoms with van der Waals surface area (Å²) >= 11 is 0. The van der Waals surface area contributed by atoms with Crippen LogP contribution in [0.5, 0.6) is 0 Å². The summed E-state index contributed by atoms with van der Waals surface area (Å²) in [6, 6.07) is 12.6. The van der Waals surface area contributed by atoms with Crippen molar-refractivity contribution in [1.82, 2.24) is 4.57 Å². The molecule has 0 aliphatic rings. The first kappa shape index (κ1) is 11.9. The lowest BCUT2D eigenvalue weighted by molar-refractivity contribution is 0.0517. The SMILES string of the molecule is CCOC(=O)c1cccn1-c1cccc(C#N)c1. The Labute approximate surface area is 105 Å². The number of nitriles is 1. The summed E-state index contributed by atoms with van der Waals surface area (Å²) in [4.78, 5) is 11.7. The molecule has 18 heavy (non-hydrogen) atoms. The highest BCUT2D eigenvalue weighted by Crippen LogP contribution is 2.15. The molecule has 0 aliphatic heterocycles. The maximum absolute atomic E-state index is 11.7. The number of hydrogen-bond acceptors (Lipinski definition) is 3. The van der Waals surface area contributed by atoms with E-state index in [2.05, 4.69) is 6.07 Å². The lowest BCUT2D eigenvalue weighted by Gasteiger charge is -2.08. The van der Waals surface area contributed by atoms with Crippen LogP contribution in [0.1, 0.15) is 23.0 Å². The van der Waals surface area contributed by atoms with E-state index < -0.39 is 0 Å². The Morgan fingerprint density at radius 1 is 1.39 bits per heavy atom. The van der Waals surface area contributed by atoms with Crippen LogP contribution in [-0.4, -0.2) is 17.1 Å². The van der Waals surface area contributed by atoms with Gasteiger partial charge in [-0.3, -0.25) is 0 Å². The van der Waals surface area contributed by atoms with Crippen molar-refractivity contribution in [3.63, 3.8) is 0 Å². The summed E-state index contributed by atoms with van der Waals surface area (Å²) in [7, 11) is 0. The van der Waals surface area contributed by atoms with Gasteiger partial charge in [-0.05, 0) is 37.3 Å². The lowest BCUT2D eigenvalue weighted by atomic mass is 10.2. The summed E-state index contributed by atoms with van der Waals surface area (Å²) in [6.07, 6.45) is 1.77. The fourth-order valence-corrected chi connectivity index (χ4v) is 1.70. The van der Waals surface area contributed by atoms with Gasteiger partial charge < -0.3 is 9.30 Å². The number of carbonyl (C=O) groups excluding carboxylic acids is 1. The molecule has 0 saturated heterocycles. The molecule has 0 unspecified atom stereocenters. The molecule has 2 aromatic rings. The van der Waals surface area contributed by atoms with Crippen LogP contribution in [0, 0.1) is 11.3 Å². The number of esters is 1. The Kier molecular flexibility index (Phi) is 3.44. The minimum Gasteiger partial charge on any atom is -0.461 e. The van der Waals surface area contributed by atoms with E-state index in [0.717, 1.165) is 5.69 Å². The van der Waals surface area contributed by atoms with E-state index in [9.17, 15) is 4.79 Å². The van der Waals surface area contributed by atoms with E-state index in [4.69, 9.17) is 10.00 Å². The van der Waals surface area contributed by atoms with Crippen molar-refractivity contribution in [3.05, 3.63) is 53.9 Å². The van der Waals surface area contributed by atoms with Gasteiger partial charge in [0.05, 0.1) is 18.2 Å². The van der Waals surface area contributed by atoms with Gasteiger partial charge in [-0.1, -0.05) is 6.07 Å². The standard InChI is InChI=1S/C14H12N2O2/c1-2-18-14(17)13-7-4-8-16(13)12-6-3-5-11(9-12)10-15/h3-9H,2H2,1H3. The normalized spacial score (nSPS) is 9.78. The zero-order chi connectivity index (χ0) is 13.0. The highest BCUT2D eigenvalue weighted by Gasteiger charge is 2.12. The van der Waals surface area contributed by atoms with Crippen LogP contribution in [0.25, 0.3) is 5.69 Å². The second-order valence-corrected chi connectivity index (χ2v) is 3.65. The van der Waals surface area contributed by atoms with Gasteiger partial charge >= 0.3 is 5.97 Å². The van der Waals surface area contributed by atoms with E-state index in [0.29, 0.717) is 17.9 Å². The van der Waals surface area contributed by atoms with Gasteiger partial charge in [-0.15, -0.1) is 0 Å². The van der Waals surface area contributed by atoms with Gasteiger partial charge in [0.2, 0.25) is 0 Å². The molecule has 0 aliphatic carbocycles. The fraction of sp³-hybridized carbons (Fsp3) is 0.143. The van der Waals surface area contributed by atoms with Crippen LogP contribution in [0.2, 0.25) is 0 Å². The van der Waals surface area contributed by atoms with Crippen LogP contribution in [0.3, 0.4) is 0 Å². The first-order valence-electron chi connectivity index (χ1n) is 5.61. The molecule has 1 aromatic heterocycles. The van der Waals surface area contributed by atoms with Gasteiger partial charge in [-0.2, -0.15) is 5.26 Å². The molecule has 0 spiro atoms. The summed E-state index contributed by atoms with van der Waals surface area (Å²) < 4.78 is 6.69. The molecule has 1 heterocycles. The van der Waals surface area contributed by atoms with E-state index in [1.807, 2.05) is 6.07 Å². The van der Waals surface area contributed by atoms with Crippen molar-refractivity contribution in [2.75, 3.05) is 6.61 Å². The highest BCUT2D eigenvalue weighted by atomic mass is 16.5. The number of hydrogen-bond donors (Lipinski definition) is 0. The van der Waals surface area contributed by atoms with Crippen LogP contribution in [-0.2, 0) is 4.74 Å². The molecule has 4 heteroatoms.